The van der Waals surface area contributed by atoms with Crippen molar-refractivity contribution in [1.29, 1.82) is 0 Å². The second kappa shape index (κ2) is 5.80. The maximum atomic E-state index is 12.0. The van der Waals surface area contributed by atoms with E-state index in [1.165, 1.54) is 0 Å². The van der Waals surface area contributed by atoms with Crippen molar-refractivity contribution < 1.29 is 4.79 Å². The fourth-order valence-electron chi connectivity index (χ4n) is 1.98. The predicted octanol–water partition coefficient (Wildman–Crippen LogP) is 0.425. The first-order chi connectivity index (χ1) is 8.27. The van der Waals surface area contributed by atoms with Crippen molar-refractivity contribution in [1.82, 2.24) is 16.0 Å². The van der Waals surface area contributed by atoms with Gasteiger partial charge in [0.15, 0.2) is 0 Å². The summed E-state index contributed by atoms with van der Waals surface area (Å²) in [4.78, 5) is 12.0. The molecule has 1 amide bonds. The van der Waals surface area contributed by atoms with E-state index in [4.69, 9.17) is 0 Å². The summed E-state index contributed by atoms with van der Waals surface area (Å²) in [6.07, 6.45) is 0. The summed E-state index contributed by atoms with van der Waals surface area (Å²) in [6, 6.07) is 9.93. The summed E-state index contributed by atoms with van der Waals surface area (Å²) in [5.41, 5.74) is 1.13. The van der Waals surface area contributed by atoms with Gasteiger partial charge < -0.3 is 16.0 Å². The highest BCUT2D eigenvalue weighted by Crippen LogP contribution is 2.11. The number of hydrogen-bond donors (Lipinski definition) is 3. The summed E-state index contributed by atoms with van der Waals surface area (Å²) < 4.78 is 0. The van der Waals surface area contributed by atoms with Crippen molar-refractivity contribution in [2.24, 2.45) is 0 Å². The maximum absolute atomic E-state index is 12.0. The van der Waals surface area contributed by atoms with Crippen molar-refractivity contribution in [3.8, 4) is 0 Å². The van der Waals surface area contributed by atoms with Gasteiger partial charge >= 0.3 is 0 Å². The molecule has 1 heterocycles. The minimum atomic E-state index is -0.116. The highest BCUT2D eigenvalue weighted by atomic mass is 16.2. The van der Waals surface area contributed by atoms with Crippen LogP contribution in [-0.2, 0) is 4.79 Å². The van der Waals surface area contributed by atoms with Crippen LogP contribution in [0.5, 0.6) is 0 Å². The van der Waals surface area contributed by atoms with E-state index in [-0.39, 0.29) is 18.0 Å². The van der Waals surface area contributed by atoms with Gasteiger partial charge in [-0.2, -0.15) is 0 Å². The van der Waals surface area contributed by atoms with Crippen LogP contribution in [0.3, 0.4) is 0 Å². The van der Waals surface area contributed by atoms with Crippen molar-refractivity contribution in [2.45, 2.75) is 19.0 Å². The Morgan fingerprint density at radius 1 is 1.35 bits per heavy atom. The molecule has 92 valence electrons. The lowest BCUT2D eigenvalue weighted by molar-refractivity contribution is -0.124. The van der Waals surface area contributed by atoms with Gasteiger partial charge in [-0.25, -0.2) is 0 Å². The SMILES string of the molecule is CC(NC(=O)C1CNCCN1)c1ccccc1. The van der Waals surface area contributed by atoms with E-state index >= 15 is 0 Å². The monoisotopic (exact) mass is 233 g/mol. The first kappa shape index (κ1) is 12.1. The number of hydrogen-bond acceptors (Lipinski definition) is 3. The zero-order valence-electron chi connectivity index (χ0n) is 10.1. The highest BCUT2D eigenvalue weighted by molar-refractivity contribution is 5.82. The molecule has 1 aliphatic rings. The molecular weight excluding hydrogens is 214 g/mol. The number of carbonyl (C=O) groups excluding carboxylic acids is 1. The molecule has 0 aliphatic carbocycles. The van der Waals surface area contributed by atoms with Crippen LogP contribution in [0.1, 0.15) is 18.5 Å². The first-order valence-corrected chi connectivity index (χ1v) is 6.07. The topological polar surface area (TPSA) is 53.2 Å². The Hall–Kier alpha value is -1.39. The number of rotatable bonds is 3. The molecule has 3 N–H and O–H groups in total. The molecular formula is C13H19N3O. The zero-order valence-corrected chi connectivity index (χ0v) is 10.1. The zero-order chi connectivity index (χ0) is 12.1. The molecule has 0 radical (unpaired) electrons. The van der Waals surface area contributed by atoms with Crippen LogP contribution in [0.2, 0.25) is 0 Å². The molecule has 1 aromatic rings. The number of benzene rings is 1. The minimum Gasteiger partial charge on any atom is -0.348 e. The number of carbonyl (C=O) groups is 1. The smallest absolute Gasteiger partial charge is 0.238 e. The van der Waals surface area contributed by atoms with Gasteiger partial charge in [0.05, 0.1) is 12.1 Å². The van der Waals surface area contributed by atoms with E-state index in [9.17, 15) is 4.79 Å². The molecule has 0 bridgehead atoms. The van der Waals surface area contributed by atoms with Crippen LogP contribution in [0.4, 0.5) is 0 Å². The second-order valence-corrected chi connectivity index (χ2v) is 4.35. The van der Waals surface area contributed by atoms with Crippen LogP contribution in [0.15, 0.2) is 30.3 Å². The molecule has 1 fully saturated rings. The van der Waals surface area contributed by atoms with Crippen LogP contribution < -0.4 is 16.0 Å². The van der Waals surface area contributed by atoms with Crippen LogP contribution in [0.25, 0.3) is 0 Å². The quantitative estimate of drug-likeness (QED) is 0.709. The van der Waals surface area contributed by atoms with Gasteiger partial charge in [0, 0.05) is 19.6 Å². The largest absolute Gasteiger partial charge is 0.348 e. The summed E-state index contributed by atoms with van der Waals surface area (Å²) >= 11 is 0. The summed E-state index contributed by atoms with van der Waals surface area (Å²) in [5.74, 6) is 0.0635. The third kappa shape index (κ3) is 3.28. The molecule has 0 spiro atoms. The molecule has 4 nitrogen and oxygen atoms in total. The third-order valence-corrected chi connectivity index (χ3v) is 3.02. The first-order valence-electron chi connectivity index (χ1n) is 6.07. The molecule has 1 saturated heterocycles. The van der Waals surface area contributed by atoms with Gasteiger partial charge in [0.25, 0.3) is 0 Å². The van der Waals surface area contributed by atoms with Crippen molar-refractivity contribution in [2.75, 3.05) is 19.6 Å². The summed E-state index contributed by atoms with van der Waals surface area (Å²) in [6.45, 7) is 4.48. The normalized spacial score (nSPS) is 21.8. The molecule has 2 rings (SSSR count). The van der Waals surface area contributed by atoms with Gasteiger partial charge in [0.1, 0.15) is 0 Å². The Balaban J connectivity index is 1.89. The average molecular weight is 233 g/mol. The van der Waals surface area contributed by atoms with Crippen LogP contribution in [-0.4, -0.2) is 31.6 Å². The molecule has 1 aromatic carbocycles. The fourth-order valence-corrected chi connectivity index (χ4v) is 1.98. The van der Waals surface area contributed by atoms with E-state index in [0.29, 0.717) is 6.54 Å². The van der Waals surface area contributed by atoms with Crippen molar-refractivity contribution in [3.05, 3.63) is 35.9 Å². The van der Waals surface area contributed by atoms with Gasteiger partial charge in [-0.05, 0) is 12.5 Å². The highest BCUT2D eigenvalue weighted by Gasteiger charge is 2.21. The Bertz CT molecular complexity index is 360. The van der Waals surface area contributed by atoms with Gasteiger partial charge in [-0.1, -0.05) is 30.3 Å². The van der Waals surface area contributed by atoms with Gasteiger partial charge in [-0.15, -0.1) is 0 Å². The lowest BCUT2D eigenvalue weighted by Gasteiger charge is -2.25. The molecule has 1 aliphatic heterocycles. The third-order valence-electron chi connectivity index (χ3n) is 3.02. The molecule has 4 heteroatoms. The Morgan fingerprint density at radius 3 is 2.76 bits per heavy atom. The molecule has 0 aromatic heterocycles. The number of amides is 1. The Kier molecular flexibility index (Phi) is 4.12. The van der Waals surface area contributed by atoms with E-state index in [1.54, 1.807) is 0 Å². The minimum absolute atomic E-state index is 0.0485. The van der Waals surface area contributed by atoms with E-state index in [2.05, 4.69) is 16.0 Å². The van der Waals surface area contributed by atoms with Gasteiger partial charge in [-0.3, -0.25) is 4.79 Å². The Labute approximate surface area is 102 Å². The van der Waals surface area contributed by atoms with Gasteiger partial charge in [0.2, 0.25) is 5.91 Å². The standard InChI is InChI=1S/C13H19N3O/c1-10(11-5-3-2-4-6-11)16-13(17)12-9-14-7-8-15-12/h2-6,10,12,14-15H,7-9H2,1H3,(H,16,17). The van der Waals surface area contributed by atoms with Crippen LogP contribution in [0, 0.1) is 0 Å². The number of piperazine rings is 1. The fraction of sp³-hybridized carbons (Fsp3) is 0.462. The van der Waals surface area contributed by atoms with Crippen molar-refractivity contribution in [3.63, 3.8) is 0 Å². The number of nitrogens with one attached hydrogen (secondary N) is 3. The molecule has 0 saturated carbocycles. The lowest BCUT2D eigenvalue weighted by atomic mass is 10.1. The average Bonchev–Trinajstić information content (AvgIpc) is 2.40. The molecule has 2 atom stereocenters. The maximum Gasteiger partial charge on any atom is 0.238 e. The summed E-state index contributed by atoms with van der Waals surface area (Å²) in [5, 5.41) is 9.43. The summed E-state index contributed by atoms with van der Waals surface area (Å²) in [7, 11) is 0. The van der Waals surface area contributed by atoms with E-state index in [1.807, 2.05) is 37.3 Å². The van der Waals surface area contributed by atoms with E-state index in [0.717, 1.165) is 18.7 Å². The second-order valence-electron chi connectivity index (χ2n) is 4.35. The molecule has 17 heavy (non-hydrogen) atoms. The predicted molar refractivity (Wildman–Crippen MR) is 67.7 cm³/mol. The van der Waals surface area contributed by atoms with Crippen LogP contribution >= 0.6 is 0 Å². The molecule has 2 unspecified atom stereocenters. The van der Waals surface area contributed by atoms with Crippen molar-refractivity contribution >= 4 is 5.91 Å². The lowest BCUT2D eigenvalue weighted by Crippen LogP contribution is -2.55. The Morgan fingerprint density at radius 2 is 2.12 bits per heavy atom. The van der Waals surface area contributed by atoms with E-state index < -0.39 is 0 Å².